The topological polar surface area (TPSA) is 97.0 Å². The van der Waals surface area contributed by atoms with Gasteiger partial charge in [-0.1, -0.05) is 0 Å². The summed E-state index contributed by atoms with van der Waals surface area (Å²) in [6, 6.07) is -0.108. The van der Waals surface area contributed by atoms with E-state index in [4.69, 9.17) is 9.47 Å². The SMILES string of the molecule is CC(C)OC(=O)NC1CCN(C(=O)OC2C3CC4CC2CC(C(=O)NI)(C4)C3)C1. The lowest BCUT2D eigenvalue weighted by molar-refractivity contribution is -0.162. The maximum atomic E-state index is 12.8. The Kier molecular flexibility index (Phi) is 5.87. The number of hydrogen-bond donors (Lipinski definition) is 2. The van der Waals surface area contributed by atoms with Gasteiger partial charge in [-0.3, -0.25) is 8.32 Å². The van der Waals surface area contributed by atoms with Crippen molar-refractivity contribution in [2.75, 3.05) is 13.1 Å². The van der Waals surface area contributed by atoms with E-state index in [1.807, 2.05) is 22.9 Å². The molecular formula is C20H30IN3O5. The van der Waals surface area contributed by atoms with Crippen LogP contribution in [0.2, 0.25) is 0 Å². The van der Waals surface area contributed by atoms with Crippen molar-refractivity contribution in [1.29, 1.82) is 0 Å². The monoisotopic (exact) mass is 519 g/mol. The zero-order valence-corrected chi connectivity index (χ0v) is 19.1. The minimum absolute atomic E-state index is 0.0906. The Morgan fingerprint density at radius 2 is 1.83 bits per heavy atom. The highest BCUT2D eigenvalue weighted by atomic mass is 127. The Bertz CT molecular complexity index is 671. The normalized spacial score (nSPS) is 37.5. The predicted octanol–water partition coefficient (Wildman–Crippen LogP) is 2.99. The zero-order chi connectivity index (χ0) is 20.8. The third-order valence-corrected chi connectivity index (χ3v) is 7.59. The van der Waals surface area contributed by atoms with Gasteiger partial charge in [-0.15, -0.1) is 0 Å². The fourth-order valence-electron chi connectivity index (χ4n) is 6.20. The average molecular weight is 519 g/mol. The number of amides is 3. The highest BCUT2D eigenvalue weighted by Crippen LogP contribution is 2.61. The van der Waals surface area contributed by atoms with Gasteiger partial charge in [0, 0.05) is 13.1 Å². The molecule has 0 aromatic rings. The van der Waals surface area contributed by atoms with Crippen molar-refractivity contribution < 1.29 is 23.9 Å². The second-order valence-electron chi connectivity index (χ2n) is 9.55. The minimum atomic E-state index is -0.444. The largest absolute Gasteiger partial charge is 0.447 e. The second kappa shape index (κ2) is 8.11. The number of halogens is 1. The van der Waals surface area contributed by atoms with Crippen LogP contribution in [0.1, 0.15) is 52.4 Å². The molecule has 0 aromatic heterocycles. The standard InChI is InChI=1S/C20H30IN3O5/c1-11(2)28-18(26)22-15-3-4-24(10-15)19(27)29-16-13-5-12-6-14(16)9-20(7-12,8-13)17(25)23-21/h11-16H,3-10H2,1-2H3,(H,22,26)(H,23,25). The molecule has 162 valence electrons. The molecule has 9 heteroatoms. The molecule has 5 aliphatic rings. The first-order chi connectivity index (χ1) is 13.8. The molecule has 5 fully saturated rings. The lowest BCUT2D eigenvalue weighted by atomic mass is 9.48. The molecule has 4 saturated carbocycles. The Morgan fingerprint density at radius 3 is 2.45 bits per heavy atom. The predicted molar refractivity (Wildman–Crippen MR) is 113 cm³/mol. The molecule has 3 atom stereocenters. The van der Waals surface area contributed by atoms with Crippen molar-refractivity contribution >= 4 is 41.0 Å². The summed E-state index contributed by atoms with van der Waals surface area (Å²) >= 11 is 1.94. The van der Waals surface area contributed by atoms with E-state index in [-0.39, 0.29) is 47.5 Å². The molecule has 0 radical (unpaired) electrons. The third-order valence-electron chi connectivity index (χ3n) is 7.10. The van der Waals surface area contributed by atoms with E-state index >= 15 is 0 Å². The lowest BCUT2D eigenvalue weighted by Crippen LogP contribution is -2.59. The van der Waals surface area contributed by atoms with E-state index in [1.54, 1.807) is 18.7 Å². The summed E-state index contributed by atoms with van der Waals surface area (Å²) in [5, 5.41) is 2.82. The van der Waals surface area contributed by atoms with Crippen LogP contribution in [0.5, 0.6) is 0 Å². The maximum absolute atomic E-state index is 12.8. The fourth-order valence-corrected chi connectivity index (χ4v) is 6.77. The quantitative estimate of drug-likeness (QED) is 0.440. The maximum Gasteiger partial charge on any atom is 0.410 e. The highest BCUT2D eigenvalue weighted by Gasteiger charge is 2.59. The first-order valence-corrected chi connectivity index (χ1v) is 11.7. The summed E-state index contributed by atoms with van der Waals surface area (Å²) in [5.74, 6) is 1.26. The number of carbonyl (C=O) groups is 3. The van der Waals surface area contributed by atoms with Crippen LogP contribution in [-0.2, 0) is 14.3 Å². The van der Waals surface area contributed by atoms with Gasteiger partial charge in [0.1, 0.15) is 6.10 Å². The number of carbonyl (C=O) groups excluding carboxylic acids is 3. The molecule has 2 N–H and O–H groups in total. The van der Waals surface area contributed by atoms with Gasteiger partial charge in [0.15, 0.2) is 0 Å². The fraction of sp³-hybridized carbons (Fsp3) is 0.850. The number of alkyl carbamates (subject to hydrolysis) is 1. The molecule has 0 aromatic carbocycles. The van der Waals surface area contributed by atoms with Gasteiger partial charge in [0.2, 0.25) is 5.91 Å². The van der Waals surface area contributed by atoms with Crippen LogP contribution in [-0.4, -0.2) is 54.3 Å². The first-order valence-electron chi connectivity index (χ1n) is 10.6. The van der Waals surface area contributed by atoms with Crippen LogP contribution in [0.15, 0.2) is 0 Å². The first kappa shape index (κ1) is 21.0. The van der Waals surface area contributed by atoms with E-state index in [0.29, 0.717) is 25.4 Å². The Morgan fingerprint density at radius 1 is 1.14 bits per heavy atom. The Labute approximate surface area is 185 Å². The third kappa shape index (κ3) is 4.16. The molecule has 5 rings (SSSR count). The van der Waals surface area contributed by atoms with Crippen LogP contribution < -0.4 is 8.85 Å². The lowest BCUT2D eigenvalue weighted by Gasteiger charge is -2.58. The van der Waals surface area contributed by atoms with Gasteiger partial charge in [-0.25, -0.2) is 9.59 Å². The molecule has 1 heterocycles. The summed E-state index contributed by atoms with van der Waals surface area (Å²) in [4.78, 5) is 38.8. The van der Waals surface area contributed by atoms with Gasteiger partial charge in [0.05, 0.1) is 40.4 Å². The molecule has 3 unspecified atom stereocenters. The molecule has 1 aliphatic heterocycles. The molecule has 3 amide bonds. The average Bonchev–Trinajstić information content (AvgIpc) is 3.11. The number of nitrogens with one attached hydrogen (secondary N) is 2. The highest BCUT2D eigenvalue weighted by molar-refractivity contribution is 14.1. The number of hydrogen-bond acceptors (Lipinski definition) is 5. The van der Waals surface area contributed by atoms with Crippen LogP contribution in [0.4, 0.5) is 9.59 Å². The number of likely N-dealkylation sites (tertiary alicyclic amines) is 1. The summed E-state index contributed by atoms with van der Waals surface area (Å²) in [6.45, 7) is 4.61. The number of ether oxygens (including phenoxy) is 2. The van der Waals surface area contributed by atoms with Crippen molar-refractivity contribution in [2.24, 2.45) is 23.2 Å². The molecule has 4 bridgehead atoms. The number of nitrogens with zero attached hydrogens (tertiary/aromatic N) is 1. The molecule has 0 spiro atoms. The van der Waals surface area contributed by atoms with E-state index in [2.05, 4.69) is 8.85 Å². The van der Waals surface area contributed by atoms with Gasteiger partial charge >= 0.3 is 12.2 Å². The van der Waals surface area contributed by atoms with E-state index in [1.165, 1.54) is 0 Å². The molecule has 8 nitrogen and oxygen atoms in total. The Hall–Kier alpha value is -1.26. The second-order valence-corrected chi connectivity index (χ2v) is 10.1. The van der Waals surface area contributed by atoms with E-state index in [0.717, 1.165) is 32.1 Å². The van der Waals surface area contributed by atoms with Gasteiger partial charge in [-0.05, 0) is 70.1 Å². The zero-order valence-electron chi connectivity index (χ0n) is 17.0. The van der Waals surface area contributed by atoms with E-state index in [9.17, 15) is 14.4 Å². The number of rotatable bonds is 4. The van der Waals surface area contributed by atoms with Crippen LogP contribution in [0.3, 0.4) is 0 Å². The van der Waals surface area contributed by atoms with Crippen LogP contribution in [0, 0.1) is 23.2 Å². The van der Waals surface area contributed by atoms with Crippen molar-refractivity contribution in [1.82, 2.24) is 13.7 Å². The van der Waals surface area contributed by atoms with Crippen molar-refractivity contribution in [3.63, 3.8) is 0 Å². The van der Waals surface area contributed by atoms with Gasteiger partial charge < -0.3 is 19.7 Å². The molecule has 1 saturated heterocycles. The van der Waals surface area contributed by atoms with Crippen molar-refractivity contribution in [2.45, 2.75) is 70.6 Å². The van der Waals surface area contributed by atoms with Crippen LogP contribution in [0.25, 0.3) is 0 Å². The summed E-state index contributed by atoms with van der Waals surface area (Å²) in [7, 11) is 0. The summed E-state index contributed by atoms with van der Waals surface area (Å²) in [5.41, 5.74) is -0.264. The molecule has 4 aliphatic carbocycles. The van der Waals surface area contributed by atoms with Crippen LogP contribution >= 0.6 is 22.9 Å². The summed E-state index contributed by atoms with van der Waals surface area (Å²) < 4.78 is 13.9. The van der Waals surface area contributed by atoms with Crippen molar-refractivity contribution in [3.8, 4) is 0 Å². The minimum Gasteiger partial charge on any atom is -0.447 e. The summed E-state index contributed by atoms with van der Waals surface area (Å²) in [6.07, 6.45) is 4.40. The smallest absolute Gasteiger partial charge is 0.410 e. The van der Waals surface area contributed by atoms with Gasteiger partial charge in [-0.2, -0.15) is 0 Å². The van der Waals surface area contributed by atoms with E-state index < -0.39 is 6.09 Å². The van der Waals surface area contributed by atoms with Gasteiger partial charge in [0.25, 0.3) is 0 Å². The molecular weight excluding hydrogens is 489 g/mol. The Balaban J connectivity index is 1.32. The molecule has 29 heavy (non-hydrogen) atoms. The van der Waals surface area contributed by atoms with Crippen molar-refractivity contribution in [3.05, 3.63) is 0 Å².